The zero-order chi connectivity index (χ0) is 11.3. The Hall–Kier alpha value is -0.970. The van der Waals surface area contributed by atoms with E-state index in [-0.39, 0.29) is 30.7 Å². The van der Waals surface area contributed by atoms with E-state index in [4.69, 9.17) is 5.73 Å². The van der Waals surface area contributed by atoms with E-state index in [0.29, 0.717) is 12.1 Å². The summed E-state index contributed by atoms with van der Waals surface area (Å²) in [5.74, 6) is 0.0217. The number of hydrogen-bond acceptors (Lipinski definition) is 3. The smallest absolute Gasteiger partial charge is 0.225 e. The molecule has 0 aliphatic heterocycles. The molecule has 0 atom stereocenters. The van der Waals surface area contributed by atoms with E-state index in [1.165, 1.54) is 0 Å². The van der Waals surface area contributed by atoms with Crippen LogP contribution in [0.2, 0.25) is 0 Å². The van der Waals surface area contributed by atoms with Crippen molar-refractivity contribution in [1.29, 1.82) is 0 Å². The van der Waals surface area contributed by atoms with Crippen LogP contribution >= 0.6 is 24.8 Å². The molecular formula is C11H19Cl2N3O. The zero-order valence-electron chi connectivity index (χ0n) is 9.97. The number of nitrogens with two attached hydrogens (primary N) is 1. The molecule has 0 spiro atoms. The van der Waals surface area contributed by atoms with Crippen molar-refractivity contribution in [3.63, 3.8) is 0 Å². The van der Waals surface area contributed by atoms with Crippen LogP contribution in [0.1, 0.15) is 6.42 Å². The van der Waals surface area contributed by atoms with Gasteiger partial charge in [0.1, 0.15) is 0 Å². The van der Waals surface area contributed by atoms with Crippen molar-refractivity contribution >= 4 is 42.1 Å². The molecule has 4 nitrogen and oxygen atoms in total. The highest BCUT2D eigenvalue weighted by atomic mass is 35.5. The molecule has 0 aromatic heterocycles. The second kappa shape index (κ2) is 9.10. The number of nitrogens with zero attached hydrogens (tertiary/aromatic N) is 1. The Morgan fingerprint density at radius 2 is 1.76 bits per heavy atom. The van der Waals surface area contributed by atoms with E-state index in [0.717, 1.165) is 12.2 Å². The number of halogens is 2. The summed E-state index contributed by atoms with van der Waals surface area (Å²) in [5.41, 5.74) is 7.02. The molecule has 0 radical (unpaired) electrons. The molecule has 0 saturated heterocycles. The van der Waals surface area contributed by atoms with Crippen molar-refractivity contribution in [2.45, 2.75) is 6.42 Å². The van der Waals surface area contributed by atoms with Crippen LogP contribution in [0.5, 0.6) is 0 Å². The Balaban J connectivity index is 0. The van der Waals surface area contributed by atoms with Gasteiger partial charge in [0.2, 0.25) is 5.91 Å². The van der Waals surface area contributed by atoms with Crippen LogP contribution in [0.25, 0.3) is 0 Å². The molecule has 3 N–H and O–H groups in total. The minimum atomic E-state index is 0. The van der Waals surface area contributed by atoms with Gasteiger partial charge >= 0.3 is 0 Å². The fourth-order valence-corrected chi connectivity index (χ4v) is 1.12. The third kappa shape index (κ3) is 7.85. The fourth-order valence-electron chi connectivity index (χ4n) is 1.12. The van der Waals surface area contributed by atoms with Gasteiger partial charge in [0.05, 0.1) is 0 Å². The summed E-state index contributed by atoms with van der Waals surface area (Å²) in [4.78, 5) is 13.4. The first-order valence-electron chi connectivity index (χ1n) is 4.88. The van der Waals surface area contributed by atoms with Crippen molar-refractivity contribution < 1.29 is 4.79 Å². The minimum Gasteiger partial charge on any atom is -0.399 e. The van der Waals surface area contributed by atoms with Gasteiger partial charge in [-0.25, -0.2) is 0 Å². The van der Waals surface area contributed by atoms with Crippen LogP contribution in [0.4, 0.5) is 11.4 Å². The van der Waals surface area contributed by atoms with E-state index in [1.54, 1.807) is 24.3 Å². The molecule has 0 aliphatic carbocycles. The van der Waals surface area contributed by atoms with E-state index in [1.807, 2.05) is 19.0 Å². The van der Waals surface area contributed by atoms with Crippen molar-refractivity contribution in [3.05, 3.63) is 24.3 Å². The van der Waals surface area contributed by atoms with Crippen molar-refractivity contribution in [2.75, 3.05) is 31.7 Å². The topological polar surface area (TPSA) is 58.4 Å². The molecule has 1 amide bonds. The lowest BCUT2D eigenvalue weighted by atomic mass is 10.2. The number of benzene rings is 1. The molecule has 1 aromatic rings. The molecule has 17 heavy (non-hydrogen) atoms. The predicted octanol–water partition coefficient (Wildman–Crippen LogP) is 2.00. The lowest BCUT2D eigenvalue weighted by Gasteiger charge is -2.09. The van der Waals surface area contributed by atoms with Gasteiger partial charge in [-0.05, 0) is 38.4 Å². The quantitative estimate of drug-likeness (QED) is 0.829. The van der Waals surface area contributed by atoms with E-state index in [2.05, 4.69) is 5.32 Å². The Bertz CT molecular complexity index is 328. The first kappa shape index (κ1) is 18.4. The maximum Gasteiger partial charge on any atom is 0.225 e. The summed E-state index contributed by atoms with van der Waals surface area (Å²) < 4.78 is 0. The van der Waals surface area contributed by atoms with Crippen molar-refractivity contribution in [3.8, 4) is 0 Å². The Kier molecular flexibility index (Phi) is 9.85. The van der Waals surface area contributed by atoms with Gasteiger partial charge in [0, 0.05) is 24.3 Å². The van der Waals surface area contributed by atoms with Gasteiger partial charge in [0.15, 0.2) is 0 Å². The standard InChI is InChI=1S/C11H17N3O.2ClH/c1-14(2)8-7-11(15)13-10-5-3-9(12)4-6-10;;/h3-6H,7-8,12H2,1-2H3,(H,13,15);2*1H. The largest absolute Gasteiger partial charge is 0.399 e. The van der Waals surface area contributed by atoms with E-state index in [9.17, 15) is 4.79 Å². The Morgan fingerprint density at radius 1 is 1.24 bits per heavy atom. The highest BCUT2D eigenvalue weighted by molar-refractivity contribution is 5.90. The Labute approximate surface area is 114 Å². The van der Waals surface area contributed by atoms with Gasteiger partial charge in [-0.1, -0.05) is 0 Å². The summed E-state index contributed by atoms with van der Waals surface area (Å²) in [6, 6.07) is 7.12. The first-order valence-corrected chi connectivity index (χ1v) is 4.88. The lowest BCUT2D eigenvalue weighted by Crippen LogP contribution is -2.20. The predicted molar refractivity (Wildman–Crippen MR) is 77.2 cm³/mol. The molecule has 98 valence electrons. The van der Waals surface area contributed by atoms with E-state index < -0.39 is 0 Å². The summed E-state index contributed by atoms with van der Waals surface area (Å²) in [6.07, 6.45) is 0.497. The highest BCUT2D eigenvalue weighted by Crippen LogP contribution is 2.10. The van der Waals surface area contributed by atoms with Crippen LogP contribution in [0.3, 0.4) is 0 Å². The number of hydrogen-bond donors (Lipinski definition) is 2. The zero-order valence-corrected chi connectivity index (χ0v) is 11.6. The van der Waals surface area contributed by atoms with Gasteiger partial charge in [-0.2, -0.15) is 0 Å². The van der Waals surface area contributed by atoms with Crippen LogP contribution in [0, 0.1) is 0 Å². The first-order chi connectivity index (χ1) is 7.08. The normalized spacial score (nSPS) is 9.12. The molecule has 0 heterocycles. The molecule has 1 aromatic carbocycles. The second-order valence-corrected chi connectivity index (χ2v) is 3.72. The second-order valence-electron chi connectivity index (χ2n) is 3.72. The maximum atomic E-state index is 11.4. The summed E-state index contributed by atoms with van der Waals surface area (Å²) >= 11 is 0. The number of carbonyl (C=O) groups is 1. The summed E-state index contributed by atoms with van der Waals surface area (Å²) in [7, 11) is 3.88. The molecule has 0 unspecified atom stereocenters. The molecule has 0 bridgehead atoms. The number of anilines is 2. The third-order valence-electron chi connectivity index (χ3n) is 1.98. The minimum absolute atomic E-state index is 0. The average molecular weight is 280 g/mol. The number of nitrogens with one attached hydrogen (secondary N) is 1. The summed E-state index contributed by atoms with van der Waals surface area (Å²) in [5, 5.41) is 2.80. The van der Waals surface area contributed by atoms with Gasteiger partial charge in [0.25, 0.3) is 0 Å². The Morgan fingerprint density at radius 3 is 2.24 bits per heavy atom. The maximum absolute atomic E-state index is 11.4. The monoisotopic (exact) mass is 279 g/mol. The van der Waals surface area contributed by atoms with Crippen molar-refractivity contribution in [2.24, 2.45) is 0 Å². The van der Waals surface area contributed by atoms with Gasteiger partial charge < -0.3 is 16.0 Å². The average Bonchev–Trinajstić information content (AvgIpc) is 2.19. The number of rotatable bonds is 4. The third-order valence-corrected chi connectivity index (χ3v) is 1.98. The SMILES string of the molecule is CN(C)CCC(=O)Nc1ccc(N)cc1.Cl.Cl. The molecule has 0 fully saturated rings. The lowest BCUT2D eigenvalue weighted by molar-refractivity contribution is -0.116. The molecule has 6 heteroatoms. The number of amides is 1. The molecule has 1 rings (SSSR count). The van der Waals surface area contributed by atoms with Crippen molar-refractivity contribution in [1.82, 2.24) is 4.90 Å². The van der Waals surface area contributed by atoms with Crippen LogP contribution in [-0.2, 0) is 4.79 Å². The molecular weight excluding hydrogens is 261 g/mol. The van der Waals surface area contributed by atoms with Gasteiger partial charge in [-0.15, -0.1) is 24.8 Å². The fraction of sp³-hybridized carbons (Fsp3) is 0.364. The van der Waals surface area contributed by atoms with E-state index >= 15 is 0 Å². The number of nitrogen functional groups attached to an aromatic ring is 1. The van der Waals surface area contributed by atoms with Gasteiger partial charge in [-0.3, -0.25) is 4.79 Å². The molecule has 0 saturated carbocycles. The molecule has 0 aliphatic rings. The summed E-state index contributed by atoms with van der Waals surface area (Å²) in [6.45, 7) is 0.751. The van der Waals surface area contributed by atoms with Crippen LogP contribution < -0.4 is 11.1 Å². The van der Waals surface area contributed by atoms with Crippen LogP contribution in [-0.4, -0.2) is 31.4 Å². The number of carbonyl (C=O) groups excluding carboxylic acids is 1. The van der Waals surface area contributed by atoms with Crippen LogP contribution in [0.15, 0.2) is 24.3 Å². The highest BCUT2D eigenvalue weighted by Gasteiger charge is 2.02.